The summed E-state index contributed by atoms with van der Waals surface area (Å²) in [5.41, 5.74) is -0.527. The lowest BCUT2D eigenvalue weighted by atomic mass is 9.85. The molecule has 0 spiro atoms. The maximum Gasteiger partial charge on any atom is 0.336 e. The normalized spacial score (nSPS) is 12.2. The zero-order valence-corrected chi connectivity index (χ0v) is 21.0. The van der Waals surface area contributed by atoms with E-state index in [0.717, 1.165) is 0 Å². The van der Waals surface area contributed by atoms with E-state index in [2.05, 4.69) is 0 Å². The first-order valence-electron chi connectivity index (χ1n) is 11.6. The van der Waals surface area contributed by atoms with Crippen LogP contribution in [-0.2, 0) is 40.0 Å². The Kier molecular flexibility index (Phi) is 12.6. The van der Waals surface area contributed by atoms with Crippen molar-refractivity contribution in [3.05, 3.63) is 34.4 Å². The number of carboxylic acids is 2. The van der Waals surface area contributed by atoms with Crippen LogP contribution in [0.5, 0.6) is 0 Å². The molecule has 1 rings (SSSR count). The fourth-order valence-electron chi connectivity index (χ4n) is 3.84. The van der Waals surface area contributed by atoms with E-state index >= 15 is 0 Å². The van der Waals surface area contributed by atoms with Crippen molar-refractivity contribution >= 4 is 11.9 Å². The number of hydrogen-bond donors (Lipinski definition) is 2. The van der Waals surface area contributed by atoms with Crippen molar-refractivity contribution in [3.63, 3.8) is 0 Å². The second-order valence-electron chi connectivity index (χ2n) is 7.03. The van der Waals surface area contributed by atoms with Crippen LogP contribution in [0.2, 0.25) is 0 Å². The molecule has 10 nitrogen and oxygen atoms in total. The third kappa shape index (κ3) is 6.74. The summed E-state index contributed by atoms with van der Waals surface area (Å²) in [4.78, 5) is 24.9. The highest BCUT2D eigenvalue weighted by molar-refractivity contribution is 5.95. The maximum absolute atomic E-state index is 12.4. The molecule has 1 aromatic carbocycles. The summed E-state index contributed by atoms with van der Waals surface area (Å²) in [6.07, 6.45) is 0. The molecule has 194 valence electrons. The van der Waals surface area contributed by atoms with Gasteiger partial charge in [0.25, 0.3) is 0 Å². The van der Waals surface area contributed by atoms with Gasteiger partial charge in [-0.3, -0.25) is 0 Å². The Morgan fingerprint density at radius 1 is 0.618 bits per heavy atom. The van der Waals surface area contributed by atoms with Gasteiger partial charge < -0.3 is 38.6 Å². The van der Waals surface area contributed by atoms with Gasteiger partial charge in [0.1, 0.15) is 13.2 Å². The number of aromatic carboxylic acids is 2. The molecule has 0 saturated carbocycles. The molecule has 0 aliphatic rings. The molecule has 0 aliphatic heterocycles. The molecular formula is C24H38O10. The molecule has 0 radical (unpaired) electrons. The largest absolute Gasteiger partial charge is 0.478 e. The van der Waals surface area contributed by atoms with E-state index < -0.39 is 23.5 Å². The lowest BCUT2D eigenvalue weighted by molar-refractivity contribution is -0.283. The van der Waals surface area contributed by atoms with Crippen LogP contribution in [-0.4, -0.2) is 75.0 Å². The minimum absolute atomic E-state index is 0.0429. The van der Waals surface area contributed by atoms with Gasteiger partial charge in [0, 0.05) is 50.8 Å². The van der Waals surface area contributed by atoms with Crippen LogP contribution in [0, 0.1) is 0 Å². The topological polar surface area (TPSA) is 130 Å². The van der Waals surface area contributed by atoms with Gasteiger partial charge in [0.15, 0.2) is 0 Å². The molecule has 0 heterocycles. The zero-order chi connectivity index (χ0) is 25.8. The molecule has 0 unspecified atom stereocenters. The quantitative estimate of drug-likeness (QED) is 0.297. The van der Waals surface area contributed by atoms with Gasteiger partial charge in [-0.05, 0) is 53.7 Å². The van der Waals surface area contributed by atoms with Crippen molar-refractivity contribution in [1.29, 1.82) is 0 Å². The summed E-state index contributed by atoms with van der Waals surface area (Å²) >= 11 is 0. The lowest BCUT2D eigenvalue weighted by Crippen LogP contribution is -2.47. The van der Waals surface area contributed by atoms with Gasteiger partial charge in [-0.25, -0.2) is 9.59 Å². The highest BCUT2D eigenvalue weighted by atomic mass is 16.7. The smallest absolute Gasteiger partial charge is 0.336 e. The second kappa shape index (κ2) is 14.3. The third-order valence-electron chi connectivity index (χ3n) is 4.93. The molecule has 10 heteroatoms. The number of rotatable bonds is 18. The average molecular weight is 487 g/mol. The number of carbonyl (C=O) groups is 2. The molecule has 0 fully saturated rings. The zero-order valence-electron chi connectivity index (χ0n) is 21.0. The van der Waals surface area contributed by atoms with Crippen LogP contribution < -0.4 is 0 Å². The third-order valence-corrected chi connectivity index (χ3v) is 4.93. The van der Waals surface area contributed by atoms with E-state index in [9.17, 15) is 19.8 Å². The van der Waals surface area contributed by atoms with E-state index in [-0.39, 0.29) is 61.9 Å². The molecule has 0 saturated heterocycles. The lowest BCUT2D eigenvalue weighted by Gasteiger charge is -2.41. The van der Waals surface area contributed by atoms with Gasteiger partial charge in [-0.1, -0.05) is 0 Å². The maximum atomic E-state index is 12.4. The summed E-state index contributed by atoms with van der Waals surface area (Å²) in [6, 6.07) is 2.43. The van der Waals surface area contributed by atoms with Crippen molar-refractivity contribution < 1.29 is 48.2 Å². The molecular weight excluding hydrogens is 448 g/mol. The van der Waals surface area contributed by atoms with Crippen LogP contribution in [0.25, 0.3) is 0 Å². The predicted molar refractivity (Wildman–Crippen MR) is 123 cm³/mol. The molecule has 34 heavy (non-hydrogen) atoms. The standard InChI is InChI=1S/C24H38O10/c1-7-29-15-23(31-9-3,32-10-4)19-17(21(25)26)13-14-18(22(27)28)20(19)24(33-11-5,34-12-6)16-30-8-2/h13-14H,7-12,15-16H2,1-6H3,(H,25,26)(H,27,28). The summed E-state index contributed by atoms with van der Waals surface area (Å²) in [5.74, 6) is -6.10. The highest BCUT2D eigenvalue weighted by Crippen LogP contribution is 2.43. The Labute approximate surface area is 201 Å². The van der Waals surface area contributed by atoms with E-state index in [1.807, 2.05) is 0 Å². The van der Waals surface area contributed by atoms with E-state index in [1.165, 1.54) is 12.1 Å². The molecule has 0 atom stereocenters. The van der Waals surface area contributed by atoms with Crippen LogP contribution in [0.15, 0.2) is 12.1 Å². The molecule has 0 aromatic heterocycles. The summed E-state index contributed by atoms with van der Waals surface area (Å²) in [5, 5.41) is 20.3. The van der Waals surface area contributed by atoms with Crippen molar-refractivity contribution in [2.45, 2.75) is 53.1 Å². The summed E-state index contributed by atoms with van der Waals surface area (Å²) in [7, 11) is 0. The molecule has 0 aliphatic carbocycles. The van der Waals surface area contributed by atoms with E-state index in [4.69, 9.17) is 28.4 Å². The van der Waals surface area contributed by atoms with Crippen LogP contribution >= 0.6 is 0 Å². The fraction of sp³-hybridized carbons (Fsp3) is 0.667. The summed E-state index contributed by atoms with van der Waals surface area (Å²) in [6.45, 7) is 11.2. The first kappa shape index (κ1) is 30.0. The van der Waals surface area contributed by atoms with Crippen molar-refractivity contribution in [1.82, 2.24) is 0 Å². The van der Waals surface area contributed by atoms with E-state index in [1.54, 1.807) is 41.5 Å². The second-order valence-corrected chi connectivity index (χ2v) is 7.03. The SMILES string of the molecule is CCOCC(OCC)(OCC)c1c(C(=O)O)ccc(C(=O)O)c1C(COCC)(OCC)OCC. The van der Waals surface area contributed by atoms with Gasteiger partial charge >= 0.3 is 11.9 Å². The Hall–Kier alpha value is -2.08. The van der Waals surface area contributed by atoms with Crippen molar-refractivity contribution in [2.24, 2.45) is 0 Å². The van der Waals surface area contributed by atoms with Crippen molar-refractivity contribution in [2.75, 3.05) is 52.9 Å². The van der Waals surface area contributed by atoms with Crippen LogP contribution in [0.1, 0.15) is 73.4 Å². The first-order valence-corrected chi connectivity index (χ1v) is 11.6. The van der Waals surface area contributed by atoms with Gasteiger partial charge in [0.05, 0.1) is 11.1 Å². The monoisotopic (exact) mass is 486 g/mol. The Morgan fingerprint density at radius 2 is 0.912 bits per heavy atom. The molecule has 0 amide bonds. The average Bonchev–Trinajstić information content (AvgIpc) is 2.80. The Balaban J connectivity index is 4.31. The van der Waals surface area contributed by atoms with E-state index in [0.29, 0.717) is 13.2 Å². The summed E-state index contributed by atoms with van der Waals surface area (Å²) < 4.78 is 35.4. The van der Waals surface area contributed by atoms with Gasteiger partial charge in [-0.15, -0.1) is 0 Å². The number of ether oxygens (including phenoxy) is 6. The first-order chi connectivity index (χ1) is 16.2. The Morgan fingerprint density at radius 3 is 1.12 bits per heavy atom. The highest BCUT2D eigenvalue weighted by Gasteiger charge is 2.49. The van der Waals surface area contributed by atoms with Gasteiger partial charge in [-0.2, -0.15) is 0 Å². The number of hydrogen-bond acceptors (Lipinski definition) is 8. The minimum atomic E-state index is -1.75. The number of benzene rings is 1. The Bertz CT molecular complexity index is 715. The predicted octanol–water partition coefficient (Wildman–Crippen LogP) is 3.61. The molecule has 2 N–H and O–H groups in total. The molecule has 1 aromatic rings. The minimum Gasteiger partial charge on any atom is -0.478 e. The van der Waals surface area contributed by atoms with Crippen molar-refractivity contribution in [3.8, 4) is 0 Å². The van der Waals surface area contributed by atoms with Crippen LogP contribution in [0.4, 0.5) is 0 Å². The molecule has 0 bridgehead atoms. The number of carboxylic acid groups (broad SMARTS) is 2. The van der Waals surface area contributed by atoms with Gasteiger partial charge in [0.2, 0.25) is 11.6 Å². The fourth-order valence-corrected chi connectivity index (χ4v) is 3.84. The van der Waals surface area contributed by atoms with Crippen LogP contribution in [0.3, 0.4) is 0 Å².